The van der Waals surface area contributed by atoms with E-state index in [1.807, 2.05) is 11.9 Å². The molecular formula is C29H30F3N5O2. The van der Waals surface area contributed by atoms with E-state index in [-0.39, 0.29) is 23.6 Å². The highest BCUT2D eigenvalue weighted by molar-refractivity contribution is 6.06. The minimum atomic E-state index is -4.59. The van der Waals surface area contributed by atoms with Gasteiger partial charge in [-0.3, -0.25) is 19.5 Å². The predicted molar refractivity (Wildman–Crippen MR) is 145 cm³/mol. The van der Waals surface area contributed by atoms with Crippen molar-refractivity contribution < 1.29 is 22.8 Å². The molecule has 1 aliphatic rings. The summed E-state index contributed by atoms with van der Waals surface area (Å²) >= 11 is 0. The highest BCUT2D eigenvalue weighted by atomic mass is 19.4. The van der Waals surface area contributed by atoms with Crippen molar-refractivity contribution in [1.82, 2.24) is 14.8 Å². The fourth-order valence-corrected chi connectivity index (χ4v) is 4.22. The molecule has 0 atom stereocenters. The number of aromatic nitrogens is 1. The molecule has 204 valence electrons. The van der Waals surface area contributed by atoms with Crippen LogP contribution in [0.25, 0.3) is 6.08 Å². The maximum atomic E-state index is 13.9. The van der Waals surface area contributed by atoms with Crippen molar-refractivity contribution in [2.75, 3.05) is 43.9 Å². The van der Waals surface area contributed by atoms with Crippen molar-refractivity contribution >= 4 is 29.3 Å². The van der Waals surface area contributed by atoms with Crippen LogP contribution in [0.1, 0.15) is 32.6 Å². The molecule has 0 spiro atoms. The van der Waals surface area contributed by atoms with E-state index >= 15 is 0 Å². The molecule has 1 aromatic heterocycles. The lowest BCUT2D eigenvalue weighted by Gasteiger charge is -2.33. The number of halogens is 3. The number of carbonyl (C=O) groups is 2. The van der Waals surface area contributed by atoms with Gasteiger partial charge in [0, 0.05) is 68.1 Å². The summed E-state index contributed by atoms with van der Waals surface area (Å²) in [5.74, 6) is -1.06. The summed E-state index contributed by atoms with van der Waals surface area (Å²) in [5, 5.41) is 5.40. The minimum Gasteiger partial charge on any atom is -0.322 e. The van der Waals surface area contributed by atoms with Gasteiger partial charge in [-0.15, -0.1) is 0 Å². The molecular weight excluding hydrogens is 507 g/mol. The SMILES string of the molecule is Cc1ccc(NC(=O)c2ccc(CN3CCN(C)CC3)c(C(F)(F)F)c2)cc1NC(=O)C=Cc1cccnc1. The molecule has 1 aliphatic heterocycles. The number of hydrogen-bond acceptors (Lipinski definition) is 5. The van der Waals surface area contributed by atoms with Crippen LogP contribution in [-0.4, -0.2) is 59.8 Å². The molecule has 1 fully saturated rings. The third-order valence-corrected chi connectivity index (χ3v) is 6.53. The monoisotopic (exact) mass is 537 g/mol. The standard InChI is InChI=1S/C29H30F3N5O2/c1-20-5-9-24(17-26(20)35-27(38)10-6-21-4-3-11-33-18-21)34-28(39)22-7-8-23(25(16-22)29(30,31)32)19-37-14-12-36(2)13-15-37/h3-11,16-18H,12-15,19H2,1-2H3,(H,34,39)(H,35,38). The van der Waals surface area contributed by atoms with Crippen LogP contribution in [0.15, 0.2) is 67.0 Å². The van der Waals surface area contributed by atoms with E-state index in [1.165, 1.54) is 18.2 Å². The summed E-state index contributed by atoms with van der Waals surface area (Å²) < 4.78 is 41.8. The van der Waals surface area contributed by atoms with Crippen LogP contribution in [0.4, 0.5) is 24.5 Å². The smallest absolute Gasteiger partial charge is 0.322 e. The van der Waals surface area contributed by atoms with Crippen LogP contribution < -0.4 is 10.6 Å². The number of alkyl halides is 3. The first-order valence-corrected chi connectivity index (χ1v) is 12.5. The fourth-order valence-electron chi connectivity index (χ4n) is 4.22. The van der Waals surface area contributed by atoms with Gasteiger partial charge in [0.1, 0.15) is 0 Å². The number of amides is 2. The Hall–Kier alpha value is -4.02. The number of rotatable bonds is 7. The zero-order valence-electron chi connectivity index (χ0n) is 21.8. The van der Waals surface area contributed by atoms with Gasteiger partial charge in [0.05, 0.1) is 5.56 Å². The van der Waals surface area contributed by atoms with E-state index in [9.17, 15) is 22.8 Å². The van der Waals surface area contributed by atoms with Crippen molar-refractivity contribution in [1.29, 1.82) is 0 Å². The zero-order valence-corrected chi connectivity index (χ0v) is 21.8. The molecule has 2 N–H and O–H groups in total. The minimum absolute atomic E-state index is 0.102. The third-order valence-electron chi connectivity index (χ3n) is 6.53. The second kappa shape index (κ2) is 12.2. The summed E-state index contributed by atoms with van der Waals surface area (Å²) in [6.07, 6.45) is 1.64. The van der Waals surface area contributed by atoms with Gasteiger partial charge in [0.2, 0.25) is 5.91 Å². The zero-order chi connectivity index (χ0) is 28.0. The second-order valence-corrected chi connectivity index (χ2v) is 9.54. The van der Waals surface area contributed by atoms with Gasteiger partial charge >= 0.3 is 6.18 Å². The molecule has 0 aliphatic carbocycles. The van der Waals surface area contributed by atoms with E-state index in [2.05, 4.69) is 20.5 Å². The molecule has 3 aromatic rings. The van der Waals surface area contributed by atoms with E-state index in [0.717, 1.165) is 30.3 Å². The van der Waals surface area contributed by atoms with Crippen molar-refractivity contribution in [2.24, 2.45) is 0 Å². The molecule has 2 heterocycles. The molecule has 0 radical (unpaired) electrons. The lowest BCUT2D eigenvalue weighted by Crippen LogP contribution is -2.44. The van der Waals surface area contributed by atoms with Crippen LogP contribution >= 0.6 is 0 Å². The number of pyridine rings is 1. The first-order chi connectivity index (χ1) is 18.6. The van der Waals surface area contributed by atoms with Crippen LogP contribution in [0, 0.1) is 6.92 Å². The molecule has 0 bridgehead atoms. The molecule has 1 saturated heterocycles. The quantitative estimate of drug-likeness (QED) is 0.412. The number of benzene rings is 2. The molecule has 4 rings (SSSR count). The Morgan fingerprint density at radius 2 is 1.79 bits per heavy atom. The van der Waals surface area contributed by atoms with Gasteiger partial charge in [-0.1, -0.05) is 18.2 Å². The highest BCUT2D eigenvalue weighted by Gasteiger charge is 2.34. The Morgan fingerprint density at radius 1 is 1.03 bits per heavy atom. The van der Waals surface area contributed by atoms with Crippen LogP contribution in [-0.2, 0) is 17.5 Å². The number of carbonyl (C=O) groups excluding carboxylic acids is 2. The Morgan fingerprint density at radius 3 is 2.49 bits per heavy atom. The largest absolute Gasteiger partial charge is 0.416 e. The first kappa shape index (κ1) is 28.0. The average molecular weight is 538 g/mol. The normalized spacial score (nSPS) is 14.9. The van der Waals surface area contributed by atoms with Gasteiger partial charge in [-0.25, -0.2) is 0 Å². The number of anilines is 2. The van der Waals surface area contributed by atoms with Crippen molar-refractivity contribution in [3.05, 3.63) is 94.8 Å². The third kappa shape index (κ3) is 7.75. The van der Waals surface area contributed by atoms with Gasteiger partial charge < -0.3 is 15.5 Å². The topological polar surface area (TPSA) is 77.6 Å². The number of nitrogens with zero attached hydrogens (tertiary/aromatic N) is 3. The number of nitrogens with one attached hydrogen (secondary N) is 2. The second-order valence-electron chi connectivity index (χ2n) is 9.54. The van der Waals surface area contributed by atoms with E-state index in [0.29, 0.717) is 24.5 Å². The van der Waals surface area contributed by atoms with Crippen molar-refractivity contribution in [3.8, 4) is 0 Å². The number of piperazine rings is 1. The summed E-state index contributed by atoms with van der Waals surface area (Å²) in [6, 6.07) is 12.2. The van der Waals surface area contributed by atoms with Crippen molar-refractivity contribution in [3.63, 3.8) is 0 Å². The fraction of sp³-hybridized carbons (Fsp3) is 0.276. The van der Waals surface area contributed by atoms with Gasteiger partial charge in [0.25, 0.3) is 5.91 Å². The van der Waals surface area contributed by atoms with Crippen LogP contribution in [0.2, 0.25) is 0 Å². The Bertz CT molecular complexity index is 1350. The van der Waals surface area contributed by atoms with Gasteiger partial charge in [-0.05, 0) is 67.1 Å². The Kier molecular flexibility index (Phi) is 8.78. The molecule has 0 saturated carbocycles. The summed E-state index contributed by atoms with van der Waals surface area (Å²) in [7, 11) is 1.98. The number of likely N-dealkylation sites (N-methyl/N-ethyl adjacent to an activating group) is 1. The van der Waals surface area contributed by atoms with Gasteiger partial charge in [-0.2, -0.15) is 13.2 Å². The summed E-state index contributed by atoms with van der Waals surface area (Å²) in [6.45, 7) is 4.91. The lowest BCUT2D eigenvalue weighted by atomic mass is 10.0. The summed E-state index contributed by atoms with van der Waals surface area (Å²) in [4.78, 5) is 33.4. The Labute approximate surface area is 225 Å². The number of aryl methyl sites for hydroxylation is 1. The summed E-state index contributed by atoms with van der Waals surface area (Å²) in [5.41, 5.74) is 1.55. The van der Waals surface area contributed by atoms with Crippen LogP contribution in [0.3, 0.4) is 0 Å². The lowest BCUT2D eigenvalue weighted by molar-refractivity contribution is -0.138. The first-order valence-electron chi connectivity index (χ1n) is 12.5. The maximum Gasteiger partial charge on any atom is 0.416 e. The van der Waals surface area contributed by atoms with Gasteiger partial charge in [0.15, 0.2) is 0 Å². The highest BCUT2D eigenvalue weighted by Crippen LogP contribution is 2.34. The average Bonchev–Trinajstić information content (AvgIpc) is 2.91. The maximum absolute atomic E-state index is 13.9. The molecule has 10 heteroatoms. The van der Waals surface area contributed by atoms with E-state index in [4.69, 9.17) is 0 Å². The Balaban J connectivity index is 1.46. The molecule has 0 unspecified atom stereocenters. The molecule has 2 aromatic carbocycles. The molecule has 39 heavy (non-hydrogen) atoms. The predicted octanol–water partition coefficient (Wildman–Crippen LogP) is 5.06. The van der Waals surface area contributed by atoms with E-state index < -0.39 is 17.6 Å². The van der Waals surface area contributed by atoms with Crippen molar-refractivity contribution in [2.45, 2.75) is 19.6 Å². The molecule has 2 amide bonds. The van der Waals surface area contributed by atoms with E-state index in [1.54, 1.807) is 55.7 Å². The number of hydrogen-bond donors (Lipinski definition) is 2. The molecule has 7 nitrogen and oxygen atoms in total. The van der Waals surface area contributed by atoms with Crippen LogP contribution in [0.5, 0.6) is 0 Å².